The number of hydrogen-bond acceptors (Lipinski definition) is 3. The van der Waals surface area contributed by atoms with Crippen molar-refractivity contribution in [2.45, 2.75) is 39.7 Å². The van der Waals surface area contributed by atoms with E-state index in [1.807, 2.05) is 30.0 Å². The van der Waals surface area contributed by atoms with Gasteiger partial charge in [0.25, 0.3) is 5.91 Å². The topological polar surface area (TPSA) is 38.8 Å². The molecule has 1 amide bonds. The largest absolute Gasteiger partial charge is 0.496 e. The predicted octanol–water partition coefficient (Wildman–Crippen LogP) is 4.62. The van der Waals surface area contributed by atoms with Crippen LogP contribution in [-0.4, -0.2) is 43.7 Å². The van der Waals surface area contributed by atoms with E-state index in [0.29, 0.717) is 19.8 Å². The van der Waals surface area contributed by atoms with Gasteiger partial charge >= 0.3 is 0 Å². The van der Waals surface area contributed by atoms with E-state index in [4.69, 9.17) is 9.47 Å². The van der Waals surface area contributed by atoms with Crippen LogP contribution >= 0.6 is 0 Å². The van der Waals surface area contributed by atoms with Gasteiger partial charge in [0.05, 0.1) is 26.4 Å². The molecule has 0 bridgehead atoms. The van der Waals surface area contributed by atoms with Crippen LogP contribution in [0.3, 0.4) is 0 Å². The number of benzene rings is 2. The molecule has 1 aliphatic rings. The molecule has 144 valence electrons. The van der Waals surface area contributed by atoms with Crippen LogP contribution in [0, 0.1) is 13.8 Å². The van der Waals surface area contributed by atoms with E-state index in [1.54, 1.807) is 7.11 Å². The summed E-state index contributed by atoms with van der Waals surface area (Å²) >= 11 is 0. The number of hydrogen-bond donors (Lipinski definition) is 0. The maximum atomic E-state index is 13.2. The summed E-state index contributed by atoms with van der Waals surface area (Å²) in [6.07, 6.45) is 2.02. The molecule has 1 atom stereocenters. The maximum Gasteiger partial charge on any atom is 0.254 e. The van der Waals surface area contributed by atoms with Gasteiger partial charge in [0.2, 0.25) is 0 Å². The lowest BCUT2D eigenvalue weighted by Gasteiger charge is -2.35. The van der Waals surface area contributed by atoms with Crippen molar-refractivity contribution in [3.63, 3.8) is 0 Å². The summed E-state index contributed by atoms with van der Waals surface area (Å²) in [6.45, 7) is 8.17. The Balaban J connectivity index is 1.91. The van der Waals surface area contributed by atoms with Crippen LogP contribution in [0.25, 0.3) is 11.1 Å². The Bertz CT molecular complexity index is 813. The third-order valence-electron chi connectivity index (χ3n) is 5.27. The quantitative estimate of drug-likeness (QED) is 0.774. The van der Waals surface area contributed by atoms with E-state index in [1.165, 1.54) is 0 Å². The van der Waals surface area contributed by atoms with Gasteiger partial charge in [-0.2, -0.15) is 0 Å². The molecule has 0 spiro atoms. The number of rotatable bonds is 5. The molecule has 1 saturated heterocycles. The number of ether oxygens (including phenoxy) is 2. The first-order valence-corrected chi connectivity index (χ1v) is 9.69. The Labute approximate surface area is 162 Å². The van der Waals surface area contributed by atoms with Crippen molar-refractivity contribution in [1.29, 1.82) is 0 Å². The number of morpholine rings is 1. The molecule has 0 saturated carbocycles. The molecule has 27 heavy (non-hydrogen) atoms. The number of nitrogens with zero attached hydrogens (tertiary/aromatic N) is 1. The second kappa shape index (κ2) is 8.57. The Morgan fingerprint density at radius 1 is 1.22 bits per heavy atom. The molecule has 0 aromatic heterocycles. The van der Waals surface area contributed by atoms with E-state index < -0.39 is 0 Å². The molecule has 0 radical (unpaired) electrons. The predicted molar refractivity (Wildman–Crippen MR) is 108 cm³/mol. The van der Waals surface area contributed by atoms with Crippen molar-refractivity contribution < 1.29 is 14.3 Å². The lowest BCUT2D eigenvalue weighted by molar-refractivity contribution is -0.00433. The fraction of sp³-hybridized carbons (Fsp3) is 0.435. The third kappa shape index (κ3) is 4.16. The highest BCUT2D eigenvalue weighted by Crippen LogP contribution is 2.31. The van der Waals surface area contributed by atoms with Crippen LogP contribution in [0.15, 0.2) is 36.4 Å². The van der Waals surface area contributed by atoms with Crippen molar-refractivity contribution in [2.75, 3.05) is 26.9 Å². The number of aryl methyl sites for hydroxylation is 2. The van der Waals surface area contributed by atoms with Gasteiger partial charge in [-0.05, 0) is 66.8 Å². The molecule has 0 aliphatic carbocycles. The van der Waals surface area contributed by atoms with Gasteiger partial charge in [-0.3, -0.25) is 4.79 Å². The third-order valence-corrected chi connectivity index (χ3v) is 5.27. The molecule has 1 unspecified atom stereocenters. The molecule has 0 N–H and O–H groups in total. The van der Waals surface area contributed by atoms with Crippen molar-refractivity contribution >= 4 is 5.91 Å². The van der Waals surface area contributed by atoms with Crippen molar-refractivity contribution in [3.8, 4) is 16.9 Å². The number of carbonyl (C=O) groups is 1. The zero-order valence-corrected chi connectivity index (χ0v) is 16.7. The molecule has 4 heteroatoms. The minimum absolute atomic E-state index is 0.0986. The van der Waals surface area contributed by atoms with Crippen LogP contribution in [0.4, 0.5) is 0 Å². The van der Waals surface area contributed by atoms with Gasteiger partial charge < -0.3 is 14.4 Å². The van der Waals surface area contributed by atoms with Crippen LogP contribution in [0.5, 0.6) is 5.75 Å². The second-order valence-electron chi connectivity index (χ2n) is 7.23. The Kier molecular flexibility index (Phi) is 6.17. The van der Waals surface area contributed by atoms with E-state index in [9.17, 15) is 4.79 Å². The normalized spacial score (nSPS) is 17.0. The Hall–Kier alpha value is -2.33. The van der Waals surface area contributed by atoms with Crippen LogP contribution in [0.2, 0.25) is 0 Å². The summed E-state index contributed by atoms with van der Waals surface area (Å²) in [4.78, 5) is 15.2. The lowest BCUT2D eigenvalue weighted by Crippen LogP contribution is -2.48. The maximum absolute atomic E-state index is 13.2. The average Bonchev–Trinajstić information content (AvgIpc) is 2.69. The fourth-order valence-corrected chi connectivity index (χ4v) is 3.80. The van der Waals surface area contributed by atoms with E-state index >= 15 is 0 Å². The van der Waals surface area contributed by atoms with Crippen LogP contribution < -0.4 is 4.74 Å². The summed E-state index contributed by atoms with van der Waals surface area (Å²) in [6, 6.07) is 12.3. The van der Waals surface area contributed by atoms with Gasteiger partial charge in [-0.15, -0.1) is 0 Å². The molecular weight excluding hydrogens is 338 g/mol. The van der Waals surface area contributed by atoms with E-state index in [2.05, 4.69) is 32.0 Å². The molecule has 3 rings (SSSR count). The molecule has 2 aromatic carbocycles. The summed E-state index contributed by atoms with van der Waals surface area (Å²) in [5, 5.41) is 0. The van der Waals surface area contributed by atoms with Crippen LogP contribution in [0.1, 0.15) is 41.3 Å². The zero-order chi connectivity index (χ0) is 19.4. The molecule has 2 aromatic rings. The molecule has 1 fully saturated rings. The highest BCUT2D eigenvalue weighted by atomic mass is 16.5. The molecular formula is C23H29NO3. The minimum atomic E-state index is 0.0986. The summed E-state index contributed by atoms with van der Waals surface area (Å²) in [7, 11) is 1.69. The number of methoxy groups -OCH3 is 1. The summed E-state index contributed by atoms with van der Waals surface area (Å²) in [5.74, 6) is 0.987. The Morgan fingerprint density at radius 3 is 2.78 bits per heavy atom. The number of amides is 1. The first-order chi connectivity index (χ1) is 13.0. The zero-order valence-electron chi connectivity index (χ0n) is 16.7. The van der Waals surface area contributed by atoms with Crippen molar-refractivity contribution in [1.82, 2.24) is 4.90 Å². The van der Waals surface area contributed by atoms with Gasteiger partial charge in [0, 0.05) is 12.1 Å². The second-order valence-corrected chi connectivity index (χ2v) is 7.23. The monoisotopic (exact) mass is 367 g/mol. The lowest BCUT2D eigenvalue weighted by atomic mass is 9.96. The van der Waals surface area contributed by atoms with Crippen molar-refractivity contribution in [3.05, 3.63) is 53.1 Å². The molecule has 1 aliphatic heterocycles. The average molecular weight is 367 g/mol. The smallest absolute Gasteiger partial charge is 0.254 e. The first-order valence-electron chi connectivity index (χ1n) is 9.69. The highest BCUT2D eigenvalue weighted by molar-refractivity contribution is 5.96. The van der Waals surface area contributed by atoms with Gasteiger partial charge in [0.15, 0.2) is 0 Å². The van der Waals surface area contributed by atoms with Gasteiger partial charge in [0.1, 0.15) is 5.75 Å². The van der Waals surface area contributed by atoms with Crippen molar-refractivity contribution in [2.24, 2.45) is 0 Å². The fourth-order valence-electron chi connectivity index (χ4n) is 3.80. The Morgan fingerprint density at radius 2 is 2.04 bits per heavy atom. The summed E-state index contributed by atoms with van der Waals surface area (Å²) in [5.41, 5.74) is 5.16. The van der Waals surface area contributed by atoms with Gasteiger partial charge in [-0.25, -0.2) is 0 Å². The van der Waals surface area contributed by atoms with E-state index in [0.717, 1.165) is 46.4 Å². The first kappa shape index (κ1) is 19.4. The molecule has 1 heterocycles. The SMILES string of the molecule is CCCC1COCCN1C(=O)c1cccc(-c2cc(C)c(OC)cc2C)c1. The van der Waals surface area contributed by atoms with Gasteiger partial charge in [-0.1, -0.05) is 25.5 Å². The summed E-state index contributed by atoms with van der Waals surface area (Å²) < 4.78 is 11.0. The molecule has 4 nitrogen and oxygen atoms in total. The van der Waals surface area contributed by atoms with Crippen LogP contribution in [-0.2, 0) is 4.74 Å². The highest BCUT2D eigenvalue weighted by Gasteiger charge is 2.27. The standard InChI is InChI=1S/C23H29NO3/c1-5-7-20-15-27-11-10-24(20)23(25)19-9-6-8-18(14-19)21-12-17(3)22(26-4)13-16(21)2/h6,8-9,12-14,20H,5,7,10-11,15H2,1-4H3. The van der Waals surface area contributed by atoms with E-state index in [-0.39, 0.29) is 11.9 Å². The minimum Gasteiger partial charge on any atom is -0.496 e. The number of carbonyl (C=O) groups excluding carboxylic acids is 1.